The smallest absolute Gasteiger partial charge is 0.192 e. The van der Waals surface area contributed by atoms with Crippen molar-refractivity contribution < 1.29 is 4.42 Å². The third-order valence-corrected chi connectivity index (χ3v) is 4.45. The van der Waals surface area contributed by atoms with Crippen molar-refractivity contribution in [2.75, 3.05) is 0 Å². The Morgan fingerprint density at radius 2 is 1.95 bits per heavy atom. The Bertz CT molecular complexity index is 639. The lowest BCUT2D eigenvalue weighted by molar-refractivity contribution is 0.336. The summed E-state index contributed by atoms with van der Waals surface area (Å²) in [5, 5.41) is 0.654. The molecule has 1 aliphatic rings. The highest BCUT2D eigenvalue weighted by Gasteiger charge is 2.16. The molecule has 1 fully saturated rings. The van der Waals surface area contributed by atoms with E-state index in [1.54, 1.807) is 6.07 Å². The number of halogens is 1. The lowest BCUT2D eigenvalue weighted by atomic mass is 9.86. The summed E-state index contributed by atoms with van der Waals surface area (Å²) in [5.41, 5.74) is 0.759. The van der Waals surface area contributed by atoms with Gasteiger partial charge >= 0.3 is 0 Å². The van der Waals surface area contributed by atoms with Crippen LogP contribution < -0.4 is 5.43 Å². The van der Waals surface area contributed by atoms with Gasteiger partial charge in [0.05, 0.1) is 5.39 Å². The third-order valence-electron chi connectivity index (χ3n) is 3.95. The molecule has 0 unspecified atom stereocenters. The zero-order chi connectivity index (χ0) is 13.2. The second kappa shape index (κ2) is 5.49. The van der Waals surface area contributed by atoms with Gasteiger partial charge in [-0.1, -0.05) is 48.0 Å². The fraction of sp³-hybridized carbons (Fsp3) is 0.438. The van der Waals surface area contributed by atoms with Gasteiger partial charge in [-0.3, -0.25) is 4.79 Å². The normalized spacial score (nSPS) is 16.9. The Kier molecular flexibility index (Phi) is 3.74. The van der Waals surface area contributed by atoms with Crippen LogP contribution in [0.1, 0.15) is 37.9 Å². The molecule has 0 bridgehead atoms. The van der Waals surface area contributed by atoms with E-state index in [9.17, 15) is 4.79 Å². The lowest BCUT2D eigenvalue weighted by Crippen LogP contribution is -2.11. The second-order valence-electron chi connectivity index (χ2n) is 5.43. The number of rotatable bonds is 2. The van der Waals surface area contributed by atoms with Gasteiger partial charge in [-0.25, -0.2) is 0 Å². The molecule has 1 saturated carbocycles. The Morgan fingerprint density at radius 3 is 2.74 bits per heavy atom. The van der Waals surface area contributed by atoms with Crippen molar-refractivity contribution in [1.82, 2.24) is 0 Å². The van der Waals surface area contributed by atoms with Crippen LogP contribution >= 0.6 is 15.9 Å². The fourth-order valence-electron chi connectivity index (χ4n) is 2.95. The molecule has 1 heterocycles. The number of hydrogen-bond donors (Lipinski definition) is 0. The fourth-order valence-corrected chi connectivity index (χ4v) is 3.32. The molecule has 0 atom stereocenters. The van der Waals surface area contributed by atoms with Crippen molar-refractivity contribution in [3.8, 4) is 0 Å². The molecular formula is C16H17BrO2. The van der Waals surface area contributed by atoms with Crippen molar-refractivity contribution >= 4 is 26.9 Å². The summed E-state index contributed by atoms with van der Waals surface area (Å²) in [6.07, 6.45) is 7.42. The molecule has 1 aromatic heterocycles. The quantitative estimate of drug-likeness (QED) is 0.804. The molecule has 0 amide bonds. The molecule has 0 spiro atoms. The monoisotopic (exact) mass is 320 g/mol. The molecule has 3 heteroatoms. The zero-order valence-corrected chi connectivity index (χ0v) is 12.4. The summed E-state index contributed by atoms with van der Waals surface area (Å²) in [6.45, 7) is 0. The van der Waals surface area contributed by atoms with E-state index in [4.69, 9.17) is 4.42 Å². The molecule has 0 radical (unpaired) electrons. The van der Waals surface area contributed by atoms with Crippen molar-refractivity contribution in [1.29, 1.82) is 0 Å². The average Bonchev–Trinajstić information content (AvgIpc) is 2.41. The van der Waals surface area contributed by atoms with Crippen molar-refractivity contribution in [3.63, 3.8) is 0 Å². The van der Waals surface area contributed by atoms with Gasteiger partial charge in [0.15, 0.2) is 5.43 Å². The Hall–Kier alpha value is -1.09. The largest absolute Gasteiger partial charge is 0.461 e. The number of benzene rings is 1. The summed E-state index contributed by atoms with van der Waals surface area (Å²) in [4.78, 5) is 12.1. The molecule has 100 valence electrons. The van der Waals surface area contributed by atoms with Crippen LogP contribution in [-0.4, -0.2) is 0 Å². The van der Waals surface area contributed by atoms with Crippen molar-refractivity contribution in [2.45, 2.75) is 38.5 Å². The summed E-state index contributed by atoms with van der Waals surface area (Å²) in [6, 6.07) is 7.27. The summed E-state index contributed by atoms with van der Waals surface area (Å²) < 4.78 is 6.79. The number of hydrogen-bond acceptors (Lipinski definition) is 2. The molecule has 2 aromatic rings. The third kappa shape index (κ3) is 2.92. The van der Waals surface area contributed by atoms with Crippen LogP contribution in [0.3, 0.4) is 0 Å². The predicted octanol–water partition coefficient (Wildman–Crippen LogP) is 4.68. The van der Waals surface area contributed by atoms with E-state index in [0.29, 0.717) is 16.9 Å². The average molecular weight is 321 g/mol. The molecule has 2 nitrogen and oxygen atoms in total. The van der Waals surface area contributed by atoms with Gasteiger partial charge in [0.1, 0.15) is 11.3 Å². The molecule has 0 aliphatic heterocycles. The Balaban J connectivity index is 1.92. The maximum Gasteiger partial charge on any atom is 0.192 e. The second-order valence-corrected chi connectivity index (χ2v) is 6.34. The van der Waals surface area contributed by atoms with Gasteiger partial charge < -0.3 is 4.42 Å². The molecular weight excluding hydrogens is 304 g/mol. The minimum Gasteiger partial charge on any atom is -0.461 e. The van der Waals surface area contributed by atoms with E-state index in [1.807, 2.05) is 18.2 Å². The molecule has 0 N–H and O–H groups in total. The van der Waals surface area contributed by atoms with E-state index in [-0.39, 0.29) is 5.43 Å². The molecule has 0 saturated heterocycles. The van der Waals surface area contributed by atoms with Crippen LogP contribution in [0.15, 0.2) is 37.9 Å². The molecule has 3 rings (SSSR count). The van der Waals surface area contributed by atoms with Crippen LogP contribution in [-0.2, 0) is 6.42 Å². The van der Waals surface area contributed by atoms with Crippen LogP contribution in [0, 0.1) is 5.92 Å². The zero-order valence-electron chi connectivity index (χ0n) is 10.8. The van der Waals surface area contributed by atoms with Gasteiger partial charge in [-0.2, -0.15) is 0 Å². The first kappa shape index (κ1) is 12.9. The SMILES string of the molecule is O=c1cc(CC2CCCCC2)oc2ccc(Br)cc12. The highest BCUT2D eigenvalue weighted by molar-refractivity contribution is 9.10. The van der Waals surface area contributed by atoms with Gasteiger partial charge in [0, 0.05) is 17.0 Å². The topological polar surface area (TPSA) is 30.2 Å². The van der Waals surface area contributed by atoms with Crippen LogP contribution in [0.2, 0.25) is 0 Å². The van der Waals surface area contributed by atoms with Gasteiger partial charge in [0.2, 0.25) is 0 Å². The van der Waals surface area contributed by atoms with E-state index in [2.05, 4.69) is 15.9 Å². The first-order valence-electron chi connectivity index (χ1n) is 6.95. The Labute approximate surface area is 120 Å². The predicted molar refractivity (Wildman–Crippen MR) is 80.5 cm³/mol. The molecule has 1 aromatic carbocycles. The standard InChI is InChI=1S/C16H17BrO2/c17-12-6-7-16-14(9-12)15(18)10-13(19-16)8-11-4-2-1-3-5-11/h6-7,9-11H,1-5,8H2. The Morgan fingerprint density at radius 1 is 1.16 bits per heavy atom. The minimum atomic E-state index is 0.0633. The van der Waals surface area contributed by atoms with E-state index >= 15 is 0 Å². The van der Waals surface area contributed by atoms with Crippen LogP contribution in [0.25, 0.3) is 11.0 Å². The first-order valence-corrected chi connectivity index (χ1v) is 7.74. The summed E-state index contributed by atoms with van der Waals surface area (Å²) in [7, 11) is 0. The van der Waals surface area contributed by atoms with Gasteiger partial charge in [-0.15, -0.1) is 0 Å². The molecule has 19 heavy (non-hydrogen) atoms. The highest BCUT2D eigenvalue weighted by Crippen LogP contribution is 2.27. The van der Waals surface area contributed by atoms with Gasteiger partial charge in [-0.05, 0) is 24.1 Å². The summed E-state index contributed by atoms with van der Waals surface area (Å²) >= 11 is 3.38. The van der Waals surface area contributed by atoms with Crippen molar-refractivity contribution in [3.05, 3.63) is 44.7 Å². The lowest BCUT2D eigenvalue weighted by Gasteiger charge is -2.20. The maximum atomic E-state index is 12.1. The van der Waals surface area contributed by atoms with Crippen LogP contribution in [0.5, 0.6) is 0 Å². The highest BCUT2D eigenvalue weighted by atomic mass is 79.9. The van der Waals surface area contributed by atoms with Crippen LogP contribution in [0.4, 0.5) is 0 Å². The van der Waals surface area contributed by atoms with E-state index < -0.39 is 0 Å². The van der Waals surface area contributed by atoms with Crippen molar-refractivity contribution in [2.24, 2.45) is 5.92 Å². The van der Waals surface area contributed by atoms with Gasteiger partial charge in [0.25, 0.3) is 0 Å². The first-order chi connectivity index (χ1) is 9.22. The molecule has 1 aliphatic carbocycles. The minimum absolute atomic E-state index is 0.0633. The maximum absolute atomic E-state index is 12.1. The van der Waals surface area contributed by atoms with E-state index in [0.717, 1.165) is 16.7 Å². The summed E-state index contributed by atoms with van der Waals surface area (Å²) in [5.74, 6) is 1.52. The number of fused-ring (bicyclic) bond motifs is 1. The van der Waals surface area contributed by atoms with E-state index in [1.165, 1.54) is 32.1 Å².